The van der Waals surface area contributed by atoms with E-state index < -0.39 is 12.0 Å². The molecule has 0 unspecified atom stereocenters. The monoisotopic (exact) mass is 411 g/mol. The Morgan fingerprint density at radius 3 is 1.48 bits per heavy atom. The van der Waals surface area contributed by atoms with E-state index >= 15 is 0 Å². The number of primary amides is 2. The predicted molar refractivity (Wildman–Crippen MR) is 119 cm³/mol. The Balaban J connectivity index is 0. The molecule has 1 rings (SSSR count). The molecule has 0 aliphatic heterocycles. The molecule has 2 amide bonds. The summed E-state index contributed by atoms with van der Waals surface area (Å²) in [5.41, 5.74) is 13.9. The second kappa shape index (κ2) is 22.0. The molecule has 0 saturated carbocycles. The summed E-state index contributed by atoms with van der Waals surface area (Å²) in [5, 5.41) is 17.3. The lowest BCUT2D eigenvalue weighted by molar-refractivity contribution is 0.0693. The van der Waals surface area contributed by atoms with Gasteiger partial charge < -0.3 is 27.4 Å². The van der Waals surface area contributed by atoms with Crippen molar-refractivity contribution in [2.45, 2.75) is 84.0 Å². The molecule has 0 aliphatic carbocycles. The van der Waals surface area contributed by atoms with Crippen molar-refractivity contribution in [3.8, 4) is 5.75 Å². The van der Waals surface area contributed by atoms with E-state index in [0.717, 1.165) is 6.54 Å². The summed E-state index contributed by atoms with van der Waals surface area (Å²) in [7, 11) is 0. The number of unbranched alkanes of at least 4 members (excludes halogenated alkanes) is 11. The topological polar surface area (TPSA) is 153 Å². The zero-order valence-corrected chi connectivity index (χ0v) is 17.9. The molecular formula is C22H41N3O4. The van der Waals surface area contributed by atoms with Gasteiger partial charge in [-0.05, 0) is 25.1 Å². The first-order chi connectivity index (χ1) is 13.9. The smallest absolute Gasteiger partial charge is 0.339 e. The number of benzene rings is 1. The lowest BCUT2D eigenvalue weighted by atomic mass is 10.1. The maximum absolute atomic E-state index is 10.3. The van der Waals surface area contributed by atoms with Gasteiger partial charge in [0.15, 0.2) is 0 Å². The van der Waals surface area contributed by atoms with Crippen LogP contribution in [0.4, 0.5) is 4.79 Å². The average Bonchev–Trinajstić information content (AvgIpc) is 2.66. The molecule has 0 spiro atoms. The van der Waals surface area contributed by atoms with Crippen LogP contribution < -0.4 is 17.2 Å². The SMILES string of the molecule is CCCCCCCCCCCCCCN.NC(N)=O.O=C(O)c1ccccc1O. The summed E-state index contributed by atoms with van der Waals surface area (Å²) in [6.07, 6.45) is 16.9. The maximum atomic E-state index is 10.3. The molecule has 7 heteroatoms. The number of urea groups is 1. The van der Waals surface area contributed by atoms with Crippen LogP contribution in [0.3, 0.4) is 0 Å². The number of aromatic carboxylic acids is 1. The van der Waals surface area contributed by atoms with Gasteiger partial charge in [-0.2, -0.15) is 0 Å². The third-order valence-electron chi connectivity index (χ3n) is 4.19. The van der Waals surface area contributed by atoms with Crippen LogP contribution in [0.1, 0.15) is 94.3 Å². The minimum absolute atomic E-state index is 0.0671. The first-order valence-corrected chi connectivity index (χ1v) is 10.6. The number of carbonyl (C=O) groups is 2. The molecule has 7 nitrogen and oxygen atoms in total. The van der Waals surface area contributed by atoms with Crippen LogP contribution in [0.25, 0.3) is 0 Å². The third kappa shape index (κ3) is 23.7. The first kappa shape index (κ1) is 28.9. The van der Waals surface area contributed by atoms with Gasteiger partial charge in [-0.25, -0.2) is 9.59 Å². The molecule has 8 N–H and O–H groups in total. The van der Waals surface area contributed by atoms with Crippen LogP contribution in [-0.4, -0.2) is 28.8 Å². The van der Waals surface area contributed by atoms with E-state index in [-0.39, 0.29) is 11.3 Å². The minimum Gasteiger partial charge on any atom is -0.507 e. The molecule has 29 heavy (non-hydrogen) atoms. The predicted octanol–water partition coefficient (Wildman–Crippen LogP) is 4.76. The summed E-state index contributed by atoms with van der Waals surface area (Å²) in [4.78, 5) is 19.3. The zero-order chi connectivity index (χ0) is 22.3. The fraction of sp³-hybridized carbons (Fsp3) is 0.636. The van der Waals surface area contributed by atoms with Gasteiger partial charge in [0.25, 0.3) is 0 Å². The van der Waals surface area contributed by atoms with Gasteiger partial charge in [-0.1, -0.05) is 89.7 Å². The number of carbonyl (C=O) groups excluding carboxylic acids is 1. The number of aromatic hydroxyl groups is 1. The summed E-state index contributed by atoms with van der Waals surface area (Å²) in [6, 6.07) is 4.98. The van der Waals surface area contributed by atoms with Crippen molar-refractivity contribution in [2.75, 3.05) is 6.54 Å². The van der Waals surface area contributed by atoms with Gasteiger partial charge >= 0.3 is 12.0 Å². The Morgan fingerprint density at radius 1 is 0.793 bits per heavy atom. The van der Waals surface area contributed by atoms with Crippen molar-refractivity contribution in [3.05, 3.63) is 29.8 Å². The third-order valence-corrected chi connectivity index (χ3v) is 4.19. The van der Waals surface area contributed by atoms with Gasteiger partial charge in [-0.3, -0.25) is 0 Å². The van der Waals surface area contributed by atoms with E-state index in [9.17, 15) is 4.79 Å². The molecule has 168 valence electrons. The molecule has 0 bridgehead atoms. The molecule has 0 radical (unpaired) electrons. The Morgan fingerprint density at radius 2 is 1.17 bits per heavy atom. The standard InChI is InChI=1S/C14H31N.C7H6O3.CH4N2O/c1-2-3-4-5-6-7-8-9-10-11-12-13-14-15;8-6-4-2-1-3-5(6)7(9)10;2-1(3)4/h2-15H2,1H3;1-4,8H,(H,9,10);(H4,2,3,4). The average molecular weight is 412 g/mol. The zero-order valence-electron chi connectivity index (χ0n) is 17.9. The normalized spacial score (nSPS) is 9.59. The minimum atomic E-state index is -1.11. The van der Waals surface area contributed by atoms with E-state index in [2.05, 4.69) is 18.4 Å². The van der Waals surface area contributed by atoms with Gasteiger partial charge in [0.2, 0.25) is 0 Å². The van der Waals surface area contributed by atoms with Crippen molar-refractivity contribution < 1.29 is 19.8 Å². The van der Waals surface area contributed by atoms with E-state index in [1.807, 2.05) is 0 Å². The number of hydrogen-bond donors (Lipinski definition) is 5. The maximum Gasteiger partial charge on any atom is 0.339 e. The van der Waals surface area contributed by atoms with Crippen LogP contribution in [-0.2, 0) is 0 Å². The second-order valence-electron chi connectivity index (χ2n) is 6.90. The molecule has 0 aromatic heterocycles. The molecular weight excluding hydrogens is 370 g/mol. The molecule has 1 aromatic carbocycles. The summed E-state index contributed by atoms with van der Waals surface area (Å²) in [5.74, 6) is -1.31. The number of carboxylic acid groups (broad SMARTS) is 1. The first-order valence-electron chi connectivity index (χ1n) is 10.6. The quantitative estimate of drug-likeness (QED) is 0.296. The van der Waals surface area contributed by atoms with Crippen LogP contribution >= 0.6 is 0 Å². The molecule has 0 heterocycles. The molecule has 0 atom stereocenters. The molecule has 0 fully saturated rings. The number of phenols is 1. The number of hydrogen-bond acceptors (Lipinski definition) is 4. The molecule has 0 saturated heterocycles. The molecule has 0 aliphatic rings. The Hall–Kier alpha value is -2.28. The van der Waals surface area contributed by atoms with Crippen molar-refractivity contribution >= 4 is 12.0 Å². The number of nitrogens with two attached hydrogens (primary N) is 3. The Bertz CT molecular complexity index is 509. The van der Waals surface area contributed by atoms with Crippen molar-refractivity contribution in [3.63, 3.8) is 0 Å². The summed E-state index contributed by atoms with van der Waals surface area (Å²) < 4.78 is 0. The number of carboxylic acids is 1. The molecule has 1 aromatic rings. The van der Waals surface area contributed by atoms with Gasteiger partial charge in [0.1, 0.15) is 11.3 Å². The number of para-hydroxylation sites is 1. The van der Waals surface area contributed by atoms with E-state index in [0.29, 0.717) is 0 Å². The largest absolute Gasteiger partial charge is 0.507 e. The highest BCUT2D eigenvalue weighted by atomic mass is 16.4. The van der Waals surface area contributed by atoms with Crippen LogP contribution in [0.2, 0.25) is 0 Å². The van der Waals surface area contributed by atoms with Crippen molar-refractivity contribution in [1.82, 2.24) is 0 Å². The highest BCUT2D eigenvalue weighted by molar-refractivity contribution is 5.90. The fourth-order valence-corrected chi connectivity index (χ4v) is 2.64. The lowest BCUT2D eigenvalue weighted by Gasteiger charge is -2.01. The van der Waals surface area contributed by atoms with Crippen LogP contribution in [0.5, 0.6) is 5.75 Å². The Kier molecular flexibility index (Phi) is 22.0. The highest BCUT2D eigenvalue weighted by Gasteiger charge is 2.05. The van der Waals surface area contributed by atoms with Gasteiger partial charge in [-0.15, -0.1) is 0 Å². The van der Waals surface area contributed by atoms with Crippen molar-refractivity contribution in [2.24, 2.45) is 17.2 Å². The van der Waals surface area contributed by atoms with Crippen LogP contribution in [0, 0.1) is 0 Å². The Labute approximate surface area is 175 Å². The summed E-state index contributed by atoms with van der Waals surface area (Å²) >= 11 is 0. The lowest BCUT2D eigenvalue weighted by Crippen LogP contribution is -2.18. The van der Waals surface area contributed by atoms with Gasteiger partial charge in [0.05, 0.1) is 0 Å². The van der Waals surface area contributed by atoms with Crippen LogP contribution in [0.15, 0.2) is 24.3 Å². The van der Waals surface area contributed by atoms with Crippen molar-refractivity contribution in [1.29, 1.82) is 0 Å². The van der Waals surface area contributed by atoms with E-state index in [4.69, 9.17) is 20.7 Å². The second-order valence-corrected chi connectivity index (χ2v) is 6.90. The van der Waals surface area contributed by atoms with E-state index in [1.165, 1.54) is 89.2 Å². The highest BCUT2D eigenvalue weighted by Crippen LogP contribution is 2.14. The van der Waals surface area contributed by atoms with E-state index in [1.54, 1.807) is 12.1 Å². The van der Waals surface area contributed by atoms with Gasteiger partial charge in [0, 0.05) is 0 Å². The number of amides is 2. The fourth-order valence-electron chi connectivity index (χ4n) is 2.64. The number of rotatable bonds is 13. The summed E-state index contributed by atoms with van der Waals surface area (Å²) in [6.45, 7) is 3.15.